The highest BCUT2D eigenvalue weighted by molar-refractivity contribution is 7.98. The molecule has 0 saturated heterocycles. The standard InChI is InChI=1S/C26H36O6S/c1-8-11-32-26-22(29-4)14-17(15-23(26)33-7)19-10-9-18(24(19)30-5)16-12-20(27-2)25(31-6)21(13-16)28-3/h12-15,18-19,24H,8-11H2,1-7H3/t18-,19-,24+/m1/s1. The van der Waals surface area contributed by atoms with Gasteiger partial charge in [-0.1, -0.05) is 6.92 Å². The van der Waals surface area contributed by atoms with E-state index in [-0.39, 0.29) is 17.9 Å². The lowest BCUT2D eigenvalue weighted by Gasteiger charge is -2.26. The second kappa shape index (κ2) is 11.7. The normalized spacial score (nSPS) is 19.9. The van der Waals surface area contributed by atoms with Gasteiger partial charge < -0.3 is 28.4 Å². The van der Waals surface area contributed by atoms with E-state index in [2.05, 4.69) is 25.3 Å². The van der Waals surface area contributed by atoms with Gasteiger partial charge in [-0.15, -0.1) is 11.8 Å². The van der Waals surface area contributed by atoms with E-state index in [0.717, 1.165) is 41.2 Å². The molecule has 33 heavy (non-hydrogen) atoms. The molecule has 0 aromatic heterocycles. The van der Waals surface area contributed by atoms with Gasteiger partial charge in [-0.3, -0.25) is 0 Å². The average Bonchev–Trinajstić information content (AvgIpc) is 3.30. The molecular weight excluding hydrogens is 440 g/mol. The van der Waals surface area contributed by atoms with Gasteiger partial charge in [-0.2, -0.15) is 0 Å². The van der Waals surface area contributed by atoms with E-state index in [1.807, 2.05) is 12.1 Å². The van der Waals surface area contributed by atoms with Crippen LogP contribution in [0.2, 0.25) is 0 Å². The molecule has 0 bridgehead atoms. The van der Waals surface area contributed by atoms with Gasteiger partial charge in [-0.25, -0.2) is 0 Å². The number of methoxy groups -OCH3 is 5. The monoisotopic (exact) mass is 476 g/mol. The number of ether oxygens (including phenoxy) is 6. The lowest BCUT2D eigenvalue weighted by Crippen LogP contribution is -2.21. The third-order valence-corrected chi connectivity index (χ3v) is 7.07. The maximum atomic E-state index is 6.10. The third-order valence-electron chi connectivity index (χ3n) is 6.33. The molecule has 1 saturated carbocycles. The van der Waals surface area contributed by atoms with E-state index < -0.39 is 0 Å². The van der Waals surface area contributed by atoms with Gasteiger partial charge in [0, 0.05) is 18.9 Å². The number of hydrogen-bond donors (Lipinski definition) is 0. The Bertz CT molecular complexity index is 881. The lowest BCUT2D eigenvalue weighted by atomic mass is 9.89. The zero-order valence-electron chi connectivity index (χ0n) is 20.7. The van der Waals surface area contributed by atoms with Crippen molar-refractivity contribution < 1.29 is 28.4 Å². The highest BCUT2D eigenvalue weighted by atomic mass is 32.2. The summed E-state index contributed by atoms with van der Waals surface area (Å²) in [5.74, 6) is 3.96. The topological polar surface area (TPSA) is 55.4 Å². The molecule has 0 amide bonds. The molecule has 3 atom stereocenters. The van der Waals surface area contributed by atoms with Crippen LogP contribution in [0.3, 0.4) is 0 Å². The van der Waals surface area contributed by atoms with Crippen molar-refractivity contribution in [2.45, 2.75) is 49.0 Å². The summed E-state index contributed by atoms with van der Waals surface area (Å²) < 4.78 is 34.5. The lowest BCUT2D eigenvalue weighted by molar-refractivity contribution is 0.0804. The molecule has 0 N–H and O–H groups in total. The first-order valence-corrected chi connectivity index (χ1v) is 12.5. The Hall–Kier alpha value is -2.25. The van der Waals surface area contributed by atoms with Crippen LogP contribution >= 0.6 is 11.8 Å². The highest BCUT2D eigenvalue weighted by Gasteiger charge is 2.39. The van der Waals surface area contributed by atoms with Crippen molar-refractivity contribution >= 4 is 11.8 Å². The van der Waals surface area contributed by atoms with Gasteiger partial charge in [0.05, 0.1) is 46.0 Å². The summed E-state index contributed by atoms with van der Waals surface area (Å²) >= 11 is 1.68. The average molecular weight is 477 g/mol. The van der Waals surface area contributed by atoms with Crippen LogP contribution in [0, 0.1) is 0 Å². The molecule has 0 heterocycles. The Morgan fingerprint density at radius 3 is 1.70 bits per heavy atom. The molecule has 6 nitrogen and oxygen atoms in total. The van der Waals surface area contributed by atoms with Gasteiger partial charge in [-0.05, 0) is 60.9 Å². The first-order valence-electron chi connectivity index (χ1n) is 11.3. The zero-order chi connectivity index (χ0) is 24.0. The van der Waals surface area contributed by atoms with Crippen LogP contribution in [0.5, 0.6) is 28.7 Å². The Kier molecular flexibility index (Phi) is 9.03. The first-order chi connectivity index (χ1) is 16.1. The number of benzene rings is 2. The summed E-state index contributed by atoms with van der Waals surface area (Å²) in [5.41, 5.74) is 2.33. The summed E-state index contributed by atoms with van der Waals surface area (Å²) in [6.45, 7) is 2.77. The fourth-order valence-corrected chi connectivity index (χ4v) is 5.38. The molecule has 1 aliphatic carbocycles. The van der Waals surface area contributed by atoms with Gasteiger partial charge in [0.15, 0.2) is 23.0 Å². The molecule has 1 fully saturated rings. The molecule has 0 radical (unpaired) electrons. The molecule has 2 aromatic rings. The highest BCUT2D eigenvalue weighted by Crippen LogP contribution is 2.50. The zero-order valence-corrected chi connectivity index (χ0v) is 21.5. The van der Waals surface area contributed by atoms with Crippen LogP contribution in [0.25, 0.3) is 0 Å². The van der Waals surface area contributed by atoms with Crippen LogP contribution in [-0.4, -0.2) is 54.5 Å². The SMILES string of the molecule is CCCOc1c(OC)cc([C@H]2CC[C@H](c3cc(OC)c(OC)c(OC)c3)[C@@H]2OC)cc1SC. The van der Waals surface area contributed by atoms with Crippen molar-refractivity contribution in [1.29, 1.82) is 0 Å². The van der Waals surface area contributed by atoms with Crippen LogP contribution < -0.4 is 23.7 Å². The van der Waals surface area contributed by atoms with E-state index in [1.54, 1.807) is 47.3 Å². The molecule has 1 aliphatic rings. The fraction of sp³-hybridized carbons (Fsp3) is 0.538. The number of rotatable bonds is 11. The van der Waals surface area contributed by atoms with Gasteiger partial charge in [0.25, 0.3) is 0 Å². The van der Waals surface area contributed by atoms with E-state index in [0.29, 0.717) is 23.9 Å². The second-order valence-corrected chi connectivity index (χ2v) is 8.90. The predicted molar refractivity (Wildman–Crippen MR) is 132 cm³/mol. The Labute approximate surface area is 201 Å². The molecular formula is C26H36O6S. The largest absolute Gasteiger partial charge is 0.493 e. The fourth-order valence-electron chi connectivity index (χ4n) is 4.79. The van der Waals surface area contributed by atoms with Crippen molar-refractivity contribution in [3.8, 4) is 28.7 Å². The van der Waals surface area contributed by atoms with Crippen molar-refractivity contribution in [2.75, 3.05) is 48.4 Å². The minimum absolute atomic E-state index is 0.00892. The van der Waals surface area contributed by atoms with Crippen molar-refractivity contribution in [3.05, 3.63) is 35.4 Å². The third kappa shape index (κ3) is 5.14. The summed E-state index contributed by atoms with van der Waals surface area (Å²) in [5, 5.41) is 0. The van der Waals surface area contributed by atoms with E-state index in [1.165, 1.54) is 5.56 Å². The summed E-state index contributed by atoms with van der Waals surface area (Å²) in [7, 11) is 8.40. The molecule has 0 spiro atoms. The molecule has 182 valence electrons. The van der Waals surface area contributed by atoms with Gasteiger partial charge >= 0.3 is 0 Å². The van der Waals surface area contributed by atoms with Crippen molar-refractivity contribution in [1.82, 2.24) is 0 Å². The summed E-state index contributed by atoms with van der Waals surface area (Å²) in [6, 6.07) is 8.41. The van der Waals surface area contributed by atoms with E-state index >= 15 is 0 Å². The summed E-state index contributed by atoms with van der Waals surface area (Å²) in [4.78, 5) is 1.09. The van der Waals surface area contributed by atoms with Crippen molar-refractivity contribution in [2.24, 2.45) is 0 Å². The molecule has 7 heteroatoms. The van der Waals surface area contributed by atoms with Crippen LogP contribution in [-0.2, 0) is 4.74 Å². The maximum absolute atomic E-state index is 6.10. The number of thioether (sulfide) groups is 1. The molecule has 0 unspecified atom stereocenters. The second-order valence-electron chi connectivity index (χ2n) is 8.05. The molecule has 0 aliphatic heterocycles. The molecule has 2 aromatic carbocycles. The Morgan fingerprint density at radius 2 is 1.27 bits per heavy atom. The van der Waals surface area contributed by atoms with Crippen LogP contribution in [0.4, 0.5) is 0 Å². The van der Waals surface area contributed by atoms with E-state index in [4.69, 9.17) is 28.4 Å². The van der Waals surface area contributed by atoms with Crippen LogP contribution in [0.1, 0.15) is 49.1 Å². The molecule has 3 rings (SSSR count). The quantitative estimate of drug-likeness (QED) is 0.374. The van der Waals surface area contributed by atoms with Crippen LogP contribution in [0.15, 0.2) is 29.2 Å². The van der Waals surface area contributed by atoms with Gasteiger partial charge in [0.1, 0.15) is 0 Å². The maximum Gasteiger partial charge on any atom is 0.203 e. The minimum Gasteiger partial charge on any atom is -0.493 e. The van der Waals surface area contributed by atoms with Crippen molar-refractivity contribution in [3.63, 3.8) is 0 Å². The number of hydrogen-bond acceptors (Lipinski definition) is 7. The van der Waals surface area contributed by atoms with E-state index in [9.17, 15) is 0 Å². The van der Waals surface area contributed by atoms with Gasteiger partial charge in [0.2, 0.25) is 5.75 Å². The summed E-state index contributed by atoms with van der Waals surface area (Å²) in [6.07, 6.45) is 5.02. The minimum atomic E-state index is 0.00892. The Morgan fingerprint density at radius 1 is 0.758 bits per heavy atom. The first kappa shape index (κ1) is 25.4. The Balaban J connectivity index is 1.98. The predicted octanol–water partition coefficient (Wildman–Crippen LogP) is 5.91. The smallest absolute Gasteiger partial charge is 0.203 e.